The molecule has 27 heavy (non-hydrogen) atoms. The van der Waals surface area contributed by atoms with Crippen molar-refractivity contribution in [1.29, 1.82) is 0 Å². The third kappa shape index (κ3) is 6.63. The molecule has 1 atom stereocenters. The van der Waals surface area contributed by atoms with E-state index in [9.17, 15) is 9.59 Å². The van der Waals surface area contributed by atoms with Crippen molar-refractivity contribution in [3.05, 3.63) is 54.1 Å². The Bertz CT molecular complexity index is 779. The van der Waals surface area contributed by atoms with Crippen LogP contribution in [0.5, 0.6) is 11.5 Å². The Morgan fingerprint density at radius 3 is 2.44 bits per heavy atom. The molecule has 0 fully saturated rings. The maximum absolute atomic E-state index is 12.1. The number of rotatable bonds is 9. The Morgan fingerprint density at radius 1 is 0.963 bits per heavy atom. The topological polar surface area (TPSA) is 81.1 Å². The lowest BCUT2D eigenvalue weighted by Crippen LogP contribution is -3.11. The van der Waals surface area contributed by atoms with Gasteiger partial charge in [-0.25, -0.2) is 0 Å². The maximum atomic E-state index is 12.1. The van der Waals surface area contributed by atoms with Crippen LogP contribution in [0.2, 0.25) is 0 Å². The number of ether oxygens (including phenoxy) is 2. The van der Waals surface area contributed by atoms with E-state index in [4.69, 9.17) is 9.47 Å². The van der Waals surface area contributed by atoms with Crippen LogP contribution in [0.1, 0.15) is 5.56 Å². The van der Waals surface area contributed by atoms with Gasteiger partial charge in [-0.3, -0.25) is 9.59 Å². The Balaban J connectivity index is 1.77. The molecule has 0 saturated heterocycles. The lowest BCUT2D eigenvalue weighted by atomic mass is 10.2. The van der Waals surface area contributed by atoms with Gasteiger partial charge in [0.15, 0.2) is 13.1 Å². The lowest BCUT2D eigenvalue weighted by Gasteiger charge is -2.14. The van der Waals surface area contributed by atoms with E-state index in [0.717, 1.165) is 16.2 Å². The predicted molar refractivity (Wildman–Crippen MR) is 103 cm³/mol. The minimum Gasteiger partial charge on any atom is -0.497 e. The second kappa shape index (κ2) is 10.2. The van der Waals surface area contributed by atoms with E-state index in [1.54, 1.807) is 45.5 Å². The van der Waals surface area contributed by atoms with Crippen LogP contribution in [0.4, 0.5) is 5.69 Å². The summed E-state index contributed by atoms with van der Waals surface area (Å²) in [6, 6.07) is 14.7. The van der Waals surface area contributed by atoms with Gasteiger partial charge in [-0.05, 0) is 18.2 Å². The van der Waals surface area contributed by atoms with E-state index in [0.29, 0.717) is 18.0 Å². The third-order valence-corrected chi connectivity index (χ3v) is 3.95. The van der Waals surface area contributed by atoms with E-state index in [1.165, 1.54) is 0 Å². The van der Waals surface area contributed by atoms with Crippen LogP contribution in [-0.2, 0) is 16.1 Å². The zero-order valence-electron chi connectivity index (χ0n) is 15.9. The molecule has 7 heteroatoms. The number of likely N-dealkylation sites (N-methyl/N-ethyl adjacent to an activating group) is 1. The van der Waals surface area contributed by atoms with Gasteiger partial charge in [0.05, 0.1) is 21.3 Å². The molecule has 2 aromatic carbocycles. The zero-order chi connectivity index (χ0) is 19.6. The van der Waals surface area contributed by atoms with Crippen LogP contribution in [-0.4, -0.2) is 46.2 Å². The first-order valence-electron chi connectivity index (χ1n) is 8.65. The molecular weight excluding hydrogens is 346 g/mol. The molecule has 2 rings (SSSR count). The van der Waals surface area contributed by atoms with Crippen molar-refractivity contribution in [2.45, 2.75) is 6.54 Å². The van der Waals surface area contributed by atoms with Crippen LogP contribution in [0.25, 0.3) is 0 Å². The molecule has 0 aliphatic rings. The largest absolute Gasteiger partial charge is 0.497 e. The molecule has 0 heterocycles. The van der Waals surface area contributed by atoms with Crippen molar-refractivity contribution in [3.63, 3.8) is 0 Å². The SMILES string of the molecule is COc1cccc(NC(=O)C[NH+](C)CC(=O)NCc2ccccc2OC)c1. The van der Waals surface area contributed by atoms with Gasteiger partial charge in [-0.2, -0.15) is 0 Å². The molecule has 7 nitrogen and oxygen atoms in total. The van der Waals surface area contributed by atoms with Crippen molar-refractivity contribution in [2.24, 2.45) is 0 Å². The van der Waals surface area contributed by atoms with Crippen molar-refractivity contribution >= 4 is 17.5 Å². The summed E-state index contributed by atoms with van der Waals surface area (Å²) < 4.78 is 10.4. The number of benzene rings is 2. The molecule has 2 aromatic rings. The number of methoxy groups -OCH3 is 2. The summed E-state index contributed by atoms with van der Waals surface area (Å²) in [5.74, 6) is 1.10. The standard InChI is InChI=1S/C20H25N3O4/c1-23(14-20(25)22-16-8-6-9-17(11-16)26-2)13-19(24)21-12-15-7-4-5-10-18(15)27-3/h4-11H,12-14H2,1-3H3,(H,21,24)(H,22,25)/p+1. The van der Waals surface area contributed by atoms with E-state index in [-0.39, 0.29) is 24.9 Å². The van der Waals surface area contributed by atoms with Gasteiger partial charge in [-0.15, -0.1) is 0 Å². The maximum Gasteiger partial charge on any atom is 0.279 e. The van der Waals surface area contributed by atoms with Crippen molar-refractivity contribution in [3.8, 4) is 11.5 Å². The second-order valence-corrected chi connectivity index (χ2v) is 6.18. The van der Waals surface area contributed by atoms with E-state index < -0.39 is 0 Å². The molecule has 0 spiro atoms. The highest BCUT2D eigenvalue weighted by Crippen LogP contribution is 2.17. The van der Waals surface area contributed by atoms with Gasteiger partial charge in [-0.1, -0.05) is 24.3 Å². The zero-order valence-corrected chi connectivity index (χ0v) is 15.9. The minimum absolute atomic E-state index is 0.132. The number of carbonyl (C=O) groups is 2. The number of hydrogen-bond acceptors (Lipinski definition) is 4. The molecule has 3 N–H and O–H groups in total. The lowest BCUT2D eigenvalue weighted by molar-refractivity contribution is -0.862. The fourth-order valence-electron chi connectivity index (χ4n) is 2.62. The summed E-state index contributed by atoms with van der Waals surface area (Å²) in [7, 11) is 4.97. The number of hydrogen-bond donors (Lipinski definition) is 3. The molecule has 0 radical (unpaired) electrons. The molecule has 144 valence electrons. The number of quaternary nitrogens is 1. The van der Waals surface area contributed by atoms with E-state index in [1.807, 2.05) is 24.3 Å². The molecule has 0 aromatic heterocycles. The van der Waals surface area contributed by atoms with E-state index in [2.05, 4.69) is 10.6 Å². The average molecular weight is 372 g/mol. The molecule has 0 saturated carbocycles. The van der Waals surface area contributed by atoms with Gasteiger partial charge >= 0.3 is 0 Å². The van der Waals surface area contributed by atoms with Gasteiger partial charge < -0.3 is 25.0 Å². The summed E-state index contributed by atoms with van der Waals surface area (Å²) >= 11 is 0. The highest BCUT2D eigenvalue weighted by Gasteiger charge is 2.15. The van der Waals surface area contributed by atoms with Crippen LogP contribution >= 0.6 is 0 Å². The van der Waals surface area contributed by atoms with Crippen molar-refractivity contribution < 1.29 is 24.0 Å². The Kier molecular flexibility index (Phi) is 7.63. The molecule has 0 aliphatic carbocycles. The highest BCUT2D eigenvalue weighted by molar-refractivity contribution is 5.91. The monoisotopic (exact) mass is 372 g/mol. The number of nitrogens with one attached hydrogen (secondary N) is 3. The first kappa shape index (κ1) is 20.3. The van der Waals surface area contributed by atoms with Gasteiger partial charge in [0.2, 0.25) is 0 Å². The fourth-order valence-corrected chi connectivity index (χ4v) is 2.62. The summed E-state index contributed by atoms with van der Waals surface area (Å²) in [6.07, 6.45) is 0. The Morgan fingerprint density at radius 2 is 1.70 bits per heavy atom. The number of anilines is 1. The Hall–Kier alpha value is -3.06. The second-order valence-electron chi connectivity index (χ2n) is 6.18. The average Bonchev–Trinajstić information content (AvgIpc) is 2.66. The molecule has 0 bridgehead atoms. The van der Waals surface area contributed by atoms with E-state index >= 15 is 0 Å². The molecule has 0 aliphatic heterocycles. The number of para-hydroxylation sites is 1. The highest BCUT2D eigenvalue weighted by atomic mass is 16.5. The normalized spacial score (nSPS) is 11.4. The number of amides is 2. The molecule has 1 unspecified atom stereocenters. The fraction of sp³-hybridized carbons (Fsp3) is 0.300. The van der Waals surface area contributed by atoms with Crippen LogP contribution in [0.15, 0.2) is 48.5 Å². The smallest absolute Gasteiger partial charge is 0.279 e. The molecule has 2 amide bonds. The summed E-state index contributed by atoms with van der Waals surface area (Å²) in [6.45, 7) is 0.756. The summed E-state index contributed by atoms with van der Waals surface area (Å²) in [5.41, 5.74) is 1.56. The molecular formula is C20H26N3O4+. The number of carbonyl (C=O) groups excluding carboxylic acids is 2. The van der Waals surface area contributed by atoms with Crippen molar-refractivity contribution in [1.82, 2.24) is 5.32 Å². The van der Waals surface area contributed by atoms with Gasteiger partial charge in [0.25, 0.3) is 11.8 Å². The van der Waals surface area contributed by atoms with Crippen LogP contribution in [0, 0.1) is 0 Å². The van der Waals surface area contributed by atoms with Crippen molar-refractivity contribution in [2.75, 3.05) is 39.7 Å². The summed E-state index contributed by atoms with van der Waals surface area (Å²) in [4.78, 5) is 25.1. The first-order valence-corrected chi connectivity index (χ1v) is 8.65. The Labute approximate surface area is 159 Å². The van der Waals surface area contributed by atoms with Crippen LogP contribution in [0.3, 0.4) is 0 Å². The quantitative estimate of drug-likeness (QED) is 0.598. The minimum atomic E-state index is -0.168. The van der Waals surface area contributed by atoms with Gasteiger partial charge in [0.1, 0.15) is 11.5 Å². The van der Waals surface area contributed by atoms with Gasteiger partial charge in [0, 0.05) is 23.9 Å². The third-order valence-electron chi connectivity index (χ3n) is 3.95. The summed E-state index contributed by atoms with van der Waals surface area (Å²) in [5, 5.41) is 5.66. The first-order chi connectivity index (χ1) is 13.0. The predicted octanol–water partition coefficient (Wildman–Crippen LogP) is 0.473. The van der Waals surface area contributed by atoms with Crippen LogP contribution < -0.4 is 25.0 Å².